The fraction of sp³-hybridized carbons (Fsp3) is 0.706. The molecule has 3 heteroatoms. The van der Waals surface area contributed by atoms with Gasteiger partial charge < -0.3 is 9.69 Å². The first-order valence-corrected chi connectivity index (χ1v) is 7.75. The predicted octanol–water partition coefficient (Wildman–Crippen LogP) is 2.29. The average Bonchev–Trinajstić information content (AvgIpc) is 2.91. The first kappa shape index (κ1) is 15.1. The van der Waals surface area contributed by atoms with Gasteiger partial charge in [-0.2, -0.15) is 0 Å². The van der Waals surface area contributed by atoms with Crippen LogP contribution in [0.4, 0.5) is 0 Å². The van der Waals surface area contributed by atoms with Gasteiger partial charge in [0.1, 0.15) is 6.29 Å². The van der Waals surface area contributed by atoms with Crippen LogP contribution in [0.2, 0.25) is 0 Å². The molecule has 0 radical (unpaired) electrons. The maximum Gasteiger partial charge on any atom is 0.124 e. The largest absolute Gasteiger partial charge is 0.364 e. The molecule has 20 heavy (non-hydrogen) atoms. The van der Waals surface area contributed by atoms with Crippen molar-refractivity contribution in [1.29, 1.82) is 0 Å². The topological polar surface area (TPSA) is 23.6 Å². The van der Waals surface area contributed by atoms with Gasteiger partial charge in [-0.05, 0) is 39.0 Å². The molecule has 2 fully saturated rings. The first-order valence-electron chi connectivity index (χ1n) is 7.75. The predicted molar refractivity (Wildman–Crippen MR) is 82.1 cm³/mol. The summed E-state index contributed by atoms with van der Waals surface area (Å²) in [4.78, 5) is 15.4. The molecule has 0 aromatic heterocycles. The Morgan fingerprint density at radius 1 is 1.30 bits per heavy atom. The quantitative estimate of drug-likeness (QED) is 0.583. The molecular weight excluding hydrogens is 248 g/mol. The van der Waals surface area contributed by atoms with Gasteiger partial charge >= 0.3 is 0 Å². The lowest BCUT2D eigenvalue weighted by molar-refractivity contribution is -0.110. The highest BCUT2D eigenvalue weighted by atomic mass is 16.1. The summed E-state index contributed by atoms with van der Waals surface area (Å²) in [7, 11) is 0. The van der Waals surface area contributed by atoms with Gasteiger partial charge in [-0.15, -0.1) is 0 Å². The number of nitrogens with zero attached hydrogens (tertiary/aromatic N) is 2. The van der Waals surface area contributed by atoms with Crippen LogP contribution >= 0.6 is 0 Å². The van der Waals surface area contributed by atoms with Crippen molar-refractivity contribution in [3.05, 3.63) is 12.3 Å². The van der Waals surface area contributed by atoms with E-state index < -0.39 is 0 Å². The minimum Gasteiger partial charge on any atom is -0.364 e. The van der Waals surface area contributed by atoms with Gasteiger partial charge in [-0.1, -0.05) is 18.9 Å². The van der Waals surface area contributed by atoms with Gasteiger partial charge in [0.2, 0.25) is 0 Å². The summed E-state index contributed by atoms with van der Waals surface area (Å²) in [6, 6.07) is 1.26. The highest BCUT2D eigenvalue weighted by molar-refractivity contribution is 5.54. The van der Waals surface area contributed by atoms with E-state index in [1.165, 1.54) is 19.3 Å². The van der Waals surface area contributed by atoms with Crippen molar-refractivity contribution in [3.63, 3.8) is 0 Å². The van der Waals surface area contributed by atoms with Crippen molar-refractivity contribution in [2.24, 2.45) is 5.92 Å². The van der Waals surface area contributed by atoms with E-state index >= 15 is 0 Å². The van der Waals surface area contributed by atoms with E-state index in [4.69, 9.17) is 0 Å². The van der Waals surface area contributed by atoms with Crippen LogP contribution in [0.3, 0.4) is 0 Å². The van der Waals surface area contributed by atoms with Gasteiger partial charge in [0.05, 0.1) is 12.2 Å². The summed E-state index contributed by atoms with van der Waals surface area (Å²) in [5, 5.41) is 0. The monoisotopic (exact) mass is 274 g/mol. The number of likely N-dealkylation sites (tertiary alicyclic amines) is 2. The van der Waals surface area contributed by atoms with Crippen molar-refractivity contribution in [3.8, 4) is 11.8 Å². The third-order valence-corrected chi connectivity index (χ3v) is 4.67. The molecule has 0 aromatic carbocycles. The van der Waals surface area contributed by atoms with Gasteiger partial charge in [0.15, 0.2) is 0 Å². The number of carbonyl (C=O) groups excluding carboxylic acids is 1. The number of hydrogen-bond donors (Lipinski definition) is 0. The second-order valence-corrected chi connectivity index (χ2v) is 6.18. The molecule has 2 heterocycles. The summed E-state index contributed by atoms with van der Waals surface area (Å²) in [5.41, 5.74) is 0.867. The minimum atomic E-state index is 0.163. The van der Waals surface area contributed by atoms with Crippen LogP contribution in [-0.4, -0.2) is 47.8 Å². The Morgan fingerprint density at radius 3 is 2.60 bits per heavy atom. The Labute approximate surface area is 123 Å². The molecule has 3 atom stereocenters. The molecule has 110 valence electrons. The molecule has 0 aromatic rings. The maximum absolute atomic E-state index is 10.8. The Kier molecular flexibility index (Phi) is 5.25. The smallest absolute Gasteiger partial charge is 0.124 e. The molecule has 0 N–H and O–H groups in total. The Bertz CT molecular complexity index is 410. The molecule has 0 bridgehead atoms. The average molecular weight is 274 g/mol. The molecule has 0 spiro atoms. The Morgan fingerprint density at radius 2 is 2.00 bits per heavy atom. The van der Waals surface area contributed by atoms with E-state index in [1.54, 1.807) is 0 Å². The van der Waals surface area contributed by atoms with E-state index in [0.717, 1.165) is 38.0 Å². The first-order chi connectivity index (χ1) is 9.61. The molecule has 0 aliphatic carbocycles. The highest BCUT2D eigenvalue weighted by Gasteiger charge is 2.24. The molecule has 3 unspecified atom stereocenters. The molecule has 2 aliphatic heterocycles. The third-order valence-electron chi connectivity index (χ3n) is 4.67. The lowest BCUT2D eigenvalue weighted by Crippen LogP contribution is -2.43. The van der Waals surface area contributed by atoms with Gasteiger partial charge in [-0.25, -0.2) is 0 Å². The fourth-order valence-corrected chi connectivity index (χ4v) is 3.24. The molecule has 0 amide bonds. The standard InChI is InChI=1S/C17H26N2O/c1-14(18-11-9-17(12-18)13-20)8-5-10-19-15(2)6-4-7-16(19)3/h13,15-17H,1,4,6-7,9-12H2,2-3H3. The van der Waals surface area contributed by atoms with E-state index in [2.05, 4.69) is 42.1 Å². The van der Waals surface area contributed by atoms with Gasteiger partial charge in [-0.3, -0.25) is 4.90 Å². The van der Waals surface area contributed by atoms with Crippen LogP contribution in [0.15, 0.2) is 12.3 Å². The van der Waals surface area contributed by atoms with E-state index in [0.29, 0.717) is 12.1 Å². The maximum atomic E-state index is 10.8. The van der Waals surface area contributed by atoms with Crippen LogP contribution in [0.1, 0.15) is 39.5 Å². The second kappa shape index (κ2) is 6.95. The van der Waals surface area contributed by atoms with E-state index in [1.807, 2.05) is 0 Å². The van der Waals surface area contributed by atoms with Crippen molar-refractivity contribution in [2.45, 2.75) is 51.6 Å². The second-order valence-electron chi connectivity index (χ2n) is 6.18. The van der Waals surface area contributed by atoms with Crippen molar-refractivity contribution >= 4 is 6.29 Å². The van der Waals surface area contributed by atoms with Crippen LogP contribution in [-0.2, 0) is 4.79 Å². The third kappa shape index (κ3) is 3.64. The number of rotatable bonds is 3. The van der Waals surface area contributed by atoms with Crippen molar-refractivity contribution < 1.29 is 4.79 Å². The van der Waals surface area contributed by atoms with Crippen LogP contribution in [0.25, 0.3) is 0 Å². The number of carbonyl (C=O) groups is 1. The number of aldehydes is 1. The number of allylic oxidation sites excluding steroid dienone is 1. The molecule has 3 nitrogen and oxygen atoms in total. The summed E-state index contributed by atoms with van der Waals surface area (Å²) in [6.45, 7) is 11.2. The lowest BCUT2D eigenvalue weighted by atomic mass is 9.98. The zero-order valence-electron chi connectivity index (χ0n) is 12.8. The normalized spacial score (nSPS) is 30.7. The fourth-order valence-electron chi connectivity index (χ4n) is 3.24. The van der Waals surface area contributed by atoms with E-state index in [9.17, 15) is 4.79 Å². The summed E-state index contributed by atoms with van der Waals surface area (Å²) in [6.07, 6.45) is 5.88. The SMILES string of the molecule is C=C(C#CCN1C(C)CCCC1C)N1CCC(C=O)C1. The Balaban J connectivity index is 1.84. The zero-order valence-corrected chi connectivity index (χ0v) is 12.8. The molecule has 2 rings (SSSR count). The molecule has 0 saturated carbocycles. The number of hydrogen-bond acceptors (Lipinski definition) is 3. The lowest BCUT2D eigenvalue weighted by Gasteiger charge is -2.37. The molecular formula is C17H26N2O. The van der Waals surface area contributed by atoms with Crippen LogP contribution < -0.4 is 0 Å². The van der Waals surface area contributed by atoms with Crippen LogP contribution in [0.5, 0.6) is 0 Å². The van der Waals surface area contributed by atoms with Gasteiger partial charge in [0.25, 0.3) is 0 Å². The minimum absolute atomic E-state index is 0.163. The highest BCUT2D eigenvalue weighted by Crippen LogP contribution is 2.21. The van der Waals surface area contributed by atoms with Gasteiger partial charge in [0, 0.05) is 31.1 Å². The molecule has 2 saturated heterocycles. The zero-order chi connectivity index (χ0) is 14.5. The molecule has 2 aliphatic rings. The van der Waals surface area contributed by atoms with E-state index in [-0.39, 0.29) is 5.92 Å². The van der Waals surface area contributed by atoms with Crippen LogP contribution in [0, 0.1) is 17.8 Å². The van der Waals surface area contributed by atoms with Crippen molar-refractivity contribution in [1.82, 2.24) is 9.80 Å². The number of piperidine rings is 1. The summed E-state index contributed by atoms with van der Waals surface area (Å²) < 4.78 is 0. The summed E-state index contributed by atoms with van der Waals surface area (Å²) >= 11 is 0. The summed E-state index contributed by atoms with van der Waals surface area (Å²) in [5.74, 6) is 6.62. The van der Waals surface area contributed by atoms with Crippen molar-refractivity contribution in [2.75, 3.05) is 19.6 Å². The Hall–Kier alpha value is -1.27.